The molecule has 2 N–H and O–H groups in total. The lowest BCUT2D eigenvalue weighted by Crippen LogP contribution is -2.65. The number of rotatable bonds is 9. The molecule has 52 heavy (non-hydrogen) atoms. The third-order valence-electron chi connectivity index (χ3n) is 17.1. The summed E-state index contributed by atoms with van der Waals surface area (Å²) in [6.07, 6.45) is 14.5. The summed E-state index contributed by atoms with van der Waals surface area (Å²) in [5, 5.41) is 13.4. The van der Waals surface area contributed by atoms with Gasteiger partial charge in [-0.25, -0.2) is 17.6 Å². The Morgan fingerprint density at radius 3 is 2.38 bits per heavy atom. The number of nitrogens with one attached hydrogen (secondary N) is 1. The zero-order chi connectivity index (χ0) is 37.5. The number of benzene rings is 1. The SMILES string of the molecule is C=C(C)[C@@H]1CC[C@]2(CNCCCN3CCS(=O)(=O)CC3)CC[C@]3(C)[C@H](CC[C@@H]4[C@@]5(C)CC=C(c6ccc(C(=O)O)c(F)c6)C(C)(C)[C@@H]5CC[C@]43C)[C@@H]12. The molecular formula is C44H65FN2O4S. The maximum Gasteiger partial charge on any atom is 0.338 e. The molecule has 0 unspecified atom stereocenters. The standard InChI is InChI=1S/C44H65FN2O4S/c1-29(2)31-13-18-44(28-46-21-8-22-47-23-25-52(50,51)26-24-47)20-19-42(6)34(38(31)44)11-12-37-41(5)16-14-33(30-9-10-32(39(48)49)35(45)27-30)40(3,4)36(41)15-17-43(37,42)7/h9-10,14,27,31,34,36-38,46H,1,8,11-13,15-26,28H2,2-7H3,(H,48,49)/t31-,34+,36-,37+,38+,41-,42+,43+,44+/m0/s1. The minimum Gasteiger partial charge on any atom is -0.478 e. The highest BCUT2D eigenvalue weighted by atomic mass is 32.2. The van der Waals surface area contributed by atoms with Gasteiger partial charge in [0.25, 0.3) is 0 Å². The van der Waals surface area contributed by atoms with Gasteiger partial charge in [-0.2, -0.15) is 0 Å². The zero-order valence-electron chi connectivity index (χ0n) is 32.8. The number of halogens is 1. The number of fused-ring (bicyclic) bond motifs is 7. The van der Waals surface area contributed by atoms with Gasteiger partial charge in [0.2, 0.25) is 0 Å². The van der Waals surface area contributed by atoms with E-state index in [-0.39, 0.29) is 27.2 Å². The van der Waals surface area contributed by atoms with E-state index in [4.69, 9.17) is 0 Å². The summed E-state index contributed by atoms with van der Waals surface area (Å²) in [5.41, 5.74) is 3.90. The molecule has 0 radical (unpaired) electrons. The van der Waals surface area contributed by atoms with Crippen LogP contribution in [0.1, 0.15) is 122 Å². The van der Waals surface area contributed by atoms with Crippen molar-refractivity contribution in [3.05, 3.63) is 53.4 Å². The summed E-state index contributed by atoms with van der Waals surface area (Å²) < 4.78 is 38.7. The van der Waals surface area contributed by atoms with Crippen molar-refractivity contribution in [2.45, 2.75) is 106 Å². The van der Waals surface area contributed by atoms with Crippen LogP contribution in [0, 0.1) is 62.5 Å². The average molecular weight is 737 g/mol. The molecule has 0 bridgehead atoms. The first-order chi connectivity index (χ1) is 24.4. The zero-order valence-corrected chi connectivity index (χ0v) is 33.6. The van der Waals surface area contributed by atoms with E-state index in [1.54, 1.807) is 0 Å². The Labute approximate surface area is 313 Å². The predicted molar refractivity (Wildman–Crippen MR) is 208 cm³/mol. The van der Waals surface area contributed by atoms with Gasteiger partial charge in [-0.1, -0.05) is 58.9 Å². The molecule has 1 saturated heterocycles. The molecule has 1 aromatic carbocycles. The molecule has 1 aromatic rings. The van der Waals surface area contributed by atoms with E-state index >= 15 is 0 Å². The number of nitrogens with zero attached hydrogens (tertiary/aromatic N) is 1. The molecule has 9 atom stereocenters. The van der Waals surface area contributed by atoms with Gasteiger partial charge in [-0.05, 0) is 164 Å². The van der Waals surface area contributed by atoms with E-state index < -0.39 is 21.6 Å². The van der Waals surface area contributed by atoms with Crippen LogP contribution >= 0.6 is 0 Å². The summed E-state index contributed by atoms with van der Waals surface area (Å²) in [6.45, 7) is 23.9. The molecule has 0 amide bonds. The summed E-state index contributed by atoms with van der Waals surface area (Å²) in [5.74, 6) is 1.73. The summed E-state index contributed by atoms with van der Waals surface area (Å²) in [7, 11) is -2.84. The van der Waals surface area contributed by atoms with Crippen LogP contribution in [0.5, 0.6) is 0 Å². The van der Waals surface area contributed by atoms with E-state index in [0.29, 0.717) is 59.6 Å². The van der Waals surface area contributed by atoms with Gasteiger partial charge in [0.15, 0.2) is 9.84 Å². The van der Waals surface area contributed by atoms with E-state index in [2.05, 4.69) is 64.4 Å². The van der Waals surface area contributed by atoms with Gasteiger partial charge in [0.1, 0.15) is 5.82 Å². The van der Waals surface area contributed by atoms with Gasteiger partial charge in [-0.15, -0.1) is 0 Å². The molecule has 7 rings (SSSR count). The van der Waals surface area contributed by atoms with Crippen molar-refractivity contribution in [1.29, 1.82) is 0 Å². The largest absolute Gasteiger partial charge is 0.478 e. The monoisotopic (exact) mass is 736 g/mol. The van der Waals surface area contributed by atoms with Crippen molar-refractivity contribution in [3.8, 4) is 0 Å². The Hall–Kier alpha value is -2.03. The van der Waals surface area contributed by atoms with Crippen LogP contribution in [-0.2, 0) is 9.84 Å². The first-order valence-corrected chi connectivity index (χ1v) is 22.2. The second kappa shape index (κ2) is 13.3. The van der Waals surface area contributed by atoms with Crippen molar-refractivity contribution in [2.24, 2.45) is 56.7 Å². The number of carboxylic acid groups (broad SMARTS) is 1. The molecule has 8 heteroatoms. The fourth-order valence-electron chi connectivity index (χ4n) is 14.3. The van der Waals surface area contributed by atoms with Gasteiger partial charge in [-0.3, -0.25) is 0 Å². The number of aromatic carboxylic acids is 1. The van der Waals surface area contributed by atoms with Crippen LogP contribution in [0.4, 0.5) is 4.39 Å². The molecule has 1 heterocycles. The van der Waals surface area contributed by atoms with E-state index in [0.717, 1.165) is 44.5 Å². The van der Waals surface area contributed by atoms with E-state index in [1.807, 2.05) is 6.07 Å². The van der Waals surface area contributed by atoms with Crippen LogP contribution in [0.3, 0.4) is 0 Å². The highest BCUT2D eigenvalue weighted by Crippen LogP contribution is 2.77. The average Bonchev–Trinajstić information content (AvgIpc) is 3.45. The van der Waals surface area contributed by atoms with Crippen molar-refractivity contribution < 1.29 is 22.7 Å². The van der Waals surface area contributed by atoms with Crippen molar-refractivity contribution in [2.75, 3.05) is 44.2 Å². The first kappa shape index (κ1) is 38.3. The lowest BCUT2D eigenvalue weighted by atomic mass is 9.32. The summed E-state index contributed by atoms with van der Waals surface area (Å²) >= 11 is 0. The highest BCUT2D eigenvalue weighted by molar-refractivity contribution is 7.91. The second-order valence-corrected chi connectivity index (χ2v) is 21.9. The number of allylic oxidation sites excluding steroid dienone is 3. The minimum absolute atomic E-state index is 0.144. The van der Waals surface area contributed by atoms with Gasteiger partial charge in [0, 0.05) is 19.6 Å². The van der Waals surface area contributed by atoms with Crippen molar-refractivity contribution >= 4 is 21.4 Å². The fourth-order valence-corrected chi connectivity index (χ4v) is 15.6. The normalized spacial score (nSPS) is 40.8. The van der Waals surface area contributed by atoms with Crippen LogP contribution < -0.4 is 5.32 Å². The minimum atomic E-state index is -2.84. The number of sulfone groups is 1. The lowest BCUT2D eigenvalue weighted by molar-refractivity contribution is -0.225. The summed E-state index contributed by atoms with van der Waals surface area (Å²) in [4.78, 5) is 13.9. The Morgan fingerprint density at radius 1 is 0.981 bits per heavy atom. The molecule has 1 aliphatic heterocycles. The van der Waals surface area contributed by atoms with Crippen LogP contribution in [0.25, 0.3) is 5.57 Å². The van der Waals surface area contributed by atoms with E-state index in [1.165, 1.54) is 68.2 Å². The number of hydrogen-bond donors (Lipinski definition) is 2. The molecule has 6 nitrogen and oxygen atoms in total. The highest BCUT2D eigenvalue weighted by Gasteiger charge is 2.70. The number of hydrogen-bond acceptors (Lipinski definition) is 5. The molecule has 5 fully saturated rings. The van der Waals surface area contributed by atoms with Gasteiger partial charge >= 0.3 is 5.97 Å². The Morgan fingerprint density at radius 2 is 1.71 bits per heavy atom. The fraction of sp³-hybridized carbons (Fsp3) is 0.750. The van der Waals surface area contributed by atoms with Crippen molar-refractivity contribution in [1.82, 2.24) is 10.2 Å². The van der Waals surface area contributed by atoms with Crippen LogP contribution in [0.15, 0.2) is 36.4 Å². The molecular weight excluding hydrogens is 672 g/mol. The van der Waals surface area contributed by atoms with Gasteiger partial charge in [0.05, 0.1) is 17.1 Å². The molecule has 4 saturated carbocycles. The summed E-state index contributed by atoms with van der Waals surface area (Å²) in [6, 6.07) is 4.70. The smallest absolute Gasteiger partial charge is 0.338 e. The third kappa shape index (κ3) is 5.99. The van der Waals surface area contributed by atoms with E-state index in [9.17, 15) is 22.7 Å². The molecule has 0 spiro atoms. The molecule has 5 aliphatic carbocycles. The number of carboxylic acids is 1. The van der Waals surface area contributed by atoms with Crippen LogP contribution in [-0.4, -0.2) is 68.6 Å². The maximum absolute atomic E-state index is 14.9. The Bertz CT molecular complexity index is 1720. The van der Waals surface area contributed by atoms with Gasteiger partial charge < -0.3 is 15.3 Å². The molecule has 0 aromatic heterocycles. The second-order valence-electron chi connectivity index (χ2n) is 19.6. The third-order valence-corrected chi connectivity index (χ3v) is 18.7. The van der Waals surface area contributed by atoms with Crippen molar-refractivity contribution in [3.63, 3.8) is 0 Å². The number of carbonyl (C=O) groups is 1. The predicted octanol–water partition coefficient (Wildman–Crippen LogP) is 8.88. The Balaban J connectivity index is 1.10. The quantitative estimate of drug-likeness (QED) is 0.195. The molecule has 6 aliphatic rings. The van der Waals surface area contributed by atoms with Crippen LogP contribution in [0.2, 0.25) is 0 Å². The maximum atomic E-state index is 14.9. The molecule has 288 valence electrons. The lowest BCUT2D eigenvalue weighted by Gasteiger charge is -2.72. The topological polar surface area (TPSA) is 86.7 Å². The first-order valence-electron chi connectivity index (χ1n) is 20.4. The Kier molecular flexibility index (Phi) is 9.80.